The van der Waals surface area contributed by atoms with E-state index >= 15 is 0 Å². The number of halogens is 3. The van der Waals surface area contributed by atoms with Gasteiger partial charge in [-0.2, -0.15) is 11.8 Å². The summed E-state index contributed by atoms with van der Waals surface area (Å²) in [6.45, 7) is 0.856. The maximum absolute atomic E-state index is 13.6. The molecule has 1 aliphatic carbocycles. The van der Waals surface area contributed by atoms with E-state index < -0.39 is 5.82 Å². The van der Waals surface area contributed by atoms with Crippen molar-refractivity contribution in [2.75, 3.05) is 6.26 Å². The molecule has 1 aromatic heterocycles. The zero-order valence-electron chi connectivity index (χ0n) is 11.8. The molecule has 0 saturated heterocycles. The Morgan fingerprint density at radius 3 is 2.71 bits per heavy atom. The van der Waals surface area contributed by atoms with Gasteiger partial charge in [-0.05, 0) is 25.2 Å². The van der Waals surface area contributed by atoms with E-state index in [0.29, 0.717) is 11.4 Å². The highest BCUT2D eigenvalue weighted by atomic mass is 35.5. The van der Waals surface area contributed by atoms with Crippen LogP contribution in [-0.2, 0) is 12.4 Å². The summed E-state index contributed by atoms with van der Waals surface area (Å²) in [5, 5.41) is 0.134. The highest BCUT2D eigenvalue weighted by Gasteiger charge is 2.34. The maximum Gasteiger partial charge on any atom is 0.144 e. The number of aromatic nitrogens is 2. The zero-order chi connectivity index (χ0) is 15.0. The largest absolute Gasteiger partial charge is 0.326 e. The van der Waals surface area contributed by atoms with Crippen molar-refractivity contribution in [3.63, 3.8) is 0 Å². The lowest BCUT2D eigenvalue weighted by atomic mass is 10.1. The van der Waals surface area contributed by atoms with Gasteiger partial charge in [0.1, 0.15) is 11.6 Å². The monoisotopic (exact) mass is 346 g/mol. The molecule has 0 radical (unpaired) electrons. The maximum atomic E-state index is 13.6. The third-order valence-corrected chi connectivity index (χ3v) is 6.32. The molecule has 0 amide bonds. The van der Waals surface area contributed by atoms with Crippen LogP contribution in [-0.4, -0.2) is 20.6 Å². The Kier molecular flexibility index (Phi) is 4.40. The van der Waals surface area contributed by atoms with E-state index in [4.69, 9.17) is 23.2 Å². The van der Waals surface area contributed by atoms with Gasteiger partial charge in [0.15, 0.2) is 0 Å². The summed E-state index contributed by atoms with van der Waals surface area (Å²) in [7, 11) is 0. The molecule has 3 rings (SSSR count). The molecule has 1 saturated carbocycles. The van der Waals surface area contributed by atoms with Gasteiger partial charge in [-0.1, -0.05) is 24.4 Å². The predicted molar refractivity (Wildman–Crippen MR) is 89.0 cm³/mol. The number of thioether (sulfide) groups is 1. The summed E-state index contributed by atoms with van der Waals surface area (Å²) in [6, 6.07) is 3.06. The second kappa shape index (κ2) is 5.98. The SMILES string of the molecule is CSC1(Cn2c(CCl)nc3cc(F)c(Cl)cc32)CCCC1. The van der Waals surface area contributed by atoms with Crippen LogP contribution in [0.2, 0.25) is 5.02 Å². The van der Waals surface area contributed by atoms with Crippen LogP contribution in [0.3, 0.4) is 0 Å². The fourth-order valence-corrected chi connectivity index (χ4v) is 4.50. The Balaban J connectivity index is 2.09. The molecule has 0 bridgehead atoms. The molecule has 0 spiro atoms. The highest BCUT2D eigenvalue weighted by molar-refractivity contribution is 8.00. The van der Waals surface area contributed by atoms with Crippen LogP contribution in [0.4, 0.5) is 4.39 Å². The molecule has 0 N–H and O–H groups in total. The smallest absolute Gasteiger partial charge is 0.144 e. The third-order valence-electron chi connectivity index (χ3n) is 4.38. The molecule has 1 aliphatic rings. The van der Waals surface area contributed by atoms with Crippen molar-refractivity contribution >= 4 is 46.0 Å². The van der Waals surface area contributed by atoms with Gasteiger partial charge in [0.05, 0.1) is 21.9 Å². The summed E-state index contributed by atoms with van der Waals surface area (Å²) >= 11 is 13.9. The van der Waals surface area contributed by atoms with E-state index in [2.05, 4.69) is 15.8 Å². The first kappa shape index (κ1) is 15.4. The van der Waals surface area contributed by atoms with Crippen LogP contribution in [0.15, 0.2) is 12.1 Å². The van der Waals surface area contributed by atoms with Crippen molar-refractivity contribution < 1.29 is 4.39 Å². The minimum absolute atomic E-state index is 0.134. The molecule has 6 heteroatoms. The molecule has 1 heterocycles. The van der Waals surface area contributed by atoms with Crippen molar-refractivity contribution in [2.45, 2.75) is 42.9 Å². The van der Waals surface area contributed by atoms with Crippen LogP contribution in [0, 0.1) is 5.82 Å². The number of nitrogens with zero attached hydrogens (tertiary/aromatic N) is 2. The molecule has 0 aliphatic heterocycles. The second-order valence-electron chi connectivity index (χ2n) is 5.60. The van der Waals surface area contributed by atoms with Crippen LogP contribution in [0.5, 0.6) is 0 Å². The Hall–Kier alpha value is -0.450. The first-order valence-corrected chi connectivity index (χ1v) is 9.17. The van der Waals surface area contributed by atoms with Gasteiger partial charge in [0.2, 0.25) is 0 Å². The normalized spacial score (nSPS) is 17.7. The minimum atomic E-state index is -0.435. The van der Waals surface area contributed by atoms with Crippen LogP contribution in [0.25, 0.3) is 11.0 Å². The molecule has 2 aromatic rings. The number of rotatable bonds is 4. The molecule has 21 heavy (non-hydrogen) atoms. The topological polar surface area (TPSA) is 17.8 Å². The van der Waals surface area contributed by atoms with Gasteiger partial charge in [-0.3, -0.25) is 0 Å². The van der Waals surface area contributed by atoms with E-state index in [0.717, 1.165) is 17.9 Å². The molecule has 1 aromatic carbocycles. The first-order valence-electron chi connectivity index (χ1n) is 7.04. The lowest BCUT2D eigenvalue weighted by Crippen LogP contribution is -2.27. The van der Waals surface area contributed by atoms with Crippen molar-refractivity contribution in [1.82, 2.24) is 9.55 Å². The fraction of sp³-hybridized carbons (Fsp3) is 0.533. The van der Waals surface area contributed by atoms with Gasteiger partial charge >= 0.3 is 0 Å². The Labute approximate surface area is 138 Å². The van der Waals surface area contributed by atoms with Gasteiger partial charge in [0, 0.05) is 17.4 Å². The number of fused-ring (bicyclic) bond motifs is 1. The van der Waals surface area contributed by atoms with Crippen LogP contribution in [0.1, 0.15) is 31.5 Å². The Morgan fingerprint density at radius 1 is 1.38 bits per heavy atom. The molecule has 0 atom stereocenters. The van der Waals surface area contributed by atoms with Gasteiger partial charge in [0.25, 0.3) is 0 Å². The highest BCUT2D eigenvalue weighted by Crippen LogP contribution is 2.42. The predicted octanol–water partition coefficient (Wildman–Crippen LogP) is 5.24. The van der Waals surface area contributed by atoms with Gasteiger partial charge in [-0.25, -0.2) is 9.37 Å². The number of benzene rings is 1. The average molecular weight is 347 g/mol. The second-order valence-corrected chi connectivity index (χ2v) is 7.55. The summed E-state index contributed by atoms with van der Waals surface area (Å²) in [6.07, 6.45) is 7.09. The first-order chi connectivity index (χ1) is 10.1. The van der Waals surface area contributed by atoms with Crippen LogP contribution < -0.4 is 0 Å². The van der Waals surface area contributed by atoms with E-state index in [1.807, 2.05) is 11.8 Å². The van der Waals surface area contributed by atoms with E-state index in [9.17, 15) is 4.39 Å². The van der Waals surface area contributed by atoms with Crippen molar-refractivity contribution in [2.24, 2.45) is 0 Å². The quantitative estimate of drug-likeness (QED) is 0.704. The summed E-state index contributed by atoms with van der Waals surface area (Å²) in [5.74, 6) is 0.669. The number of imidazole rings is 1. The average Bonchev–Trinajstić information content (AvgIpc) is 3.07. The van der Waals surface area contributed by atoms with Crippen molar-refractivity contribution in [3.8, 4) is 0 Å². The van der Waals surface area contributed by atoms with Crippen molar-refractivity contribution in [1.29, 1.82) is 0 Å². The lowest BCUT2D eigenvalue weighted by Gasteiger charge is -2.28. The molecular weight excluding hydrogens is 330 g/mol. The molecule has 1 fully saturated rings. The Bertz CT molecular complexity index is 665. The molecular formula is C15H17Cl2FN2S. The summed E-state index contributed by atoms with van der Waals surface area (Å²) in [5.41, 5.74) is 1.50. The van der Waals surface area contributed by atoms with E-state index in [1.165, 1.54) is 31.7 Å². The minimum Gasteiger partial charge on any atom is -0.326 e. The van der Waals surface area contributed by atoms with Crippen LogP contribution >= 0.6 is 35.0 Å². The summed E-state index contributed by atoms with van der Waals surface area (Å²) < 4.78 is 16.0. The van der Waals surface area contributed by atoms with E-state index in [-0.39, 0.29) is 9.77 Å². The fourth-order valence-electron chi connectivity index (χ4n) is 3.18. The summed E-state index contributed by atoms with van der Waals surface area (Å²) in [4.78, 5) is 4.46. The standard InChI is InChI=1S/C15H17Cl2FN2S/c1-21-15(4-2-3-5-15)9-20-13-6-10(17)11(18)7-12(13)19-14(20)8-16/h6-7H,2-5,8-9H2,1H3. The van der Waals surface area contributed by atoms with Crippen molar-refractivity contribution in [3.05, 3.63) is 28.8 Å². The zero-order valence-corrected chi connectivity index (χ0v) is 14.2. The molecule has 2 nitrogen and oxygen atoms in total. The third kappa shape index (κ3) is 2.78. The van der Waals surface area contributed by atoms with Gasteiger partial charge < -0.3 is 4.57 Å². The molecule has 114 valence electrons. The number of hydrogen-bond acceptors (Lipinski definition) is 2. The van der Waals surface area contributed by atoms with Gasteiger partial charge in [-0.15, -0.1) is 11.6 Å². The number of alkyl halides is 1. The lowest BCUT2D eigenvalue weighted by molar-refractivity contribution is 0.505. The Morgan fingerprint density at radius 2 is 2.10 bits per heavy atom. The van der Waals surface area contributed by atoms with E-state index in [1.54, 1.807) is 6.07 Å². The molecule has 0 unspecified atom stereocenters. The number of hydrogen-bond donors (Lipinski definition) is 0.